The van der Waals surface area contributed by atoms with Gasteiger partial charge in [-0.1, -0.05) is 38.1 Å². The number of esters is 2. The van der Waals surface area contributed by atoms with Gasteiger partial charge in [0.1, 0.15) is 12.5 Å². The molecule has 0 aromatic heterocycles. The summed E-state index contributed by atoms with van der Waals surface area (Å²) in [5.74, 6) is -3.10. The highest BCUT2D eigenvalue weighted by Crippen LogP contribution is 2.46. The molecular weight excluding hydrogens is 422 g/mol. The quantitative estimate of drug-likeness (QED) is 0.364. The number of dihydropyridines is 1. The molecule has 33 heavy (non-hydrogen) atoms. The summed E-state index contributed by atoms with van der Waals surface area (Å²) >= 11 is 0. The van der Waals surface area contributed by atoms with E-state index in [1.807, 2.05) is 52.0 Å². The van der Waals surface area contributed by atoms with Crippen LogP contribution in [-0.2, 0) is 28.6 Å². The molecule has 1 aliphatic heterocycles. The molecule has 0 saturated heterocycles. The molecule has 7 nitrogen and oxygen atoms in total. The summed E-state index contributed by atoms with van der Waals surface area (Å²) in [4.78, 5) is 39.4. The van der Waals surface area contributed by atoms with Gasteiger partial charge in [-0.3, -0.25) is 9.59 Å². The van der Waals surface area contributed by atoms with Crippen molar-refractivity contribution in [1.82, 2.24) is 5.32 Å². The first-order valence-corrected chi connectivity index (χ1v) is 11.4. The molecule has 0 amide bonds. The normalized spacial score (nSPS) is 22.6. The standard InChI is InChI=1S/C26H33NO6/c1-6-11-32-12-13-33-26(30)21-17(4)27-19-14-16(3)20(25(29)31-5)24(28)23(19)22(21)18-10-8-7-9-15(18)2/h7-10,16,20,22,27H,6,11-14H2,1-5H3/t16-,20+,22-/m1/s1. The number of nitrogens with one attached hydrogen (secondary N) is 1. The predicted octanol–water partition coefficient (Wildman–Crippen LogP) is 3.58. The van der Waals surface area contributed by atoms with E-state index in [-0.39, 0.29) is 18.3 Å². The monoisotopic (exact) mass is 455 g/mol. The van der Waals surface area contributed by atoms with Crippen LogP contribution in [0, 0.1) is 18.8 Å². The number of ketones is 1. The number of hydrogen-bond acceptors (Lipinski definition) is 7. The van der Waals surface area contributed by atoms with Crippen LogP contribution in [0.3, 0.4) is 0 Å². The third kappa shape index (κ3) is 5.03. The van der Waals surface area contributed by atoms with Crippen molar-refractivity contribution >= 4 is 17.7 Å². The number of allylic oxidation sites excluding steroid dienone is 3. The first kappa shape index (κ1) is 24.7. The number of methoxy groups -OCH3 is 1. The molecule has 0 fully saturated rings. The number of hydrogen-bond donors (Lipinski definition) is 1. The highest BCUT2D eigenvalue weighted by Gasteiger charge is 2.47. The highest BCUT2D eigenvalue weighted by atomic mass is 16.6. The Morgan fingerprint density at radius 2 is 1.85 bits per heavy atom. The van der Waals surface area contributed by atoms with E-state index in [4.69, 9.17) is 14.2 Å². The van der Waals surface area contributed by atoms with Crippen LogP contribution >= 0.6 is 0 Å². The van der Waals surface area contributed by atoms with Gasteiger partial charge < -0.3 is 19.5 Å². The van der Waals surface area contributed by atoms with Crippen molar-refractivity contribution in [2.24, 2.45) is 11.8 Å². The lowest BCUT2D eigenvalue weighted by Crippen LogP contribution is -2.43. The molecule has 0 unspecified atom stereocenters. The molecule has 1 heterocycles. The van der Waals surface area contributed by atoms with E-state index >= 15 is 0 Å². The molecule has 0 radical (unpaired) electrons. The first-order valence-electron chi connectivity index (χ1n) is 11.4. The smallest absolute Gasteiger partial charge is 0.336 e. The van der Waals surface area contributed by atoms with E-state index in [9.17, 15) is 14.4 Å². The lowest BCUT2D eigenvalue weighted by atomic mass is 9.68. The summed E-state index contributed by atoms with van der Waals surface area (Å²) in [5.41, 5.74) is 4.01. The lowest BCUT2D eigenvalue weighted by molar-refractivity contribution is -0.151. The van der Waals surface area contributed by atoms with E-state index in [1.54, 1.807) is 0 Å². The summed E-state index contributed by atoms with van der Waals surface area (Å²) in [7, 11) is 1.29. The summed E-state index contributed by atoms with van der Waals surface area (Å²) in [6.45, 7) is 8.68. The van der Waals surface area contributed by atoms with Crippen molar-refractivity contribution in [3.8, 4) is 0 Å². The zero-order chi connectivity index (χ0) is 24.1. The molecule has 178 valence electrons. The minimum Gasteiger partial charge on any atom is -0.468 e. The van der Waals surface area contributed by atoms with Gasteiger partial charge in [0.15, 0.2) is 5.78 Å². The molecule has 0 spiro atoms. The molecule has 0 bridgehead atoms. The molecule has 7 heteroatoms. The second kappa shape index (κ2) is 10.8. The van der Waals surface area contributed by atoms with Gasteiger partial charge in [0.05, 0.1) is 19.3 Å². The third-order valence-corrected chi connectivity index (χ3v) is 6.27. The fourth-order valence-corrected chi connectivity index (χ4v) is 4.69. The van der Waals surface area contributed by atoms with Crippen molar-refractivity contribution in [3.05, 3.63) is 57.9 Å². The number of carbonyl (C=O) groups excluding carboxylic acids is 3. The van der Waals surface area contributed by atoms with Gasteiger partial charge in [-0.15, -0.1) is 0 Å². The van der Waals surface area contributed by atoms with Crippen LogP contribution in [0.1, 0.15) is 50.7 Å². The zero-order valence-corrected chi connectivity index (χ0v) is 20.0. The predicted molar refractivity (Wildman–Crippen MR) is 123 cm³/mol. The van der Waals surface area contributed by atoms with Crippen LogP contribution in [0.5, 0.6) is 0 Å². The van der Waals surface area contributed by atoms with Gasteiger partial charge >= 0.3 is 11.9 Å². The number of ether oxygens (including phenoxy) is 3. The second-order valence-electron chi connectivity index (χ2n) is 8.64. The van der Waals surface area contributed by atoms with Gasteiger partial charge in [-0.05, 0) is 43.7 Å². The van der Waals surface area contributed by atoms with E-state index in [0.717, 1.165) is 23.2 Å². The Hall–Kier alpha value is -2.93. The molecule has 3 rings (SSSR count). The maximum Gasteiger partial charge on any atom is 0.336 e. The number of Topliss-reactive ketones (excluding diaryl/α,β-unsaturated/α-hetero) is 1. The Bertz CT molecular complexity index is 992. The minimum atomic E-state index is -0.903. The summed E-state index contributed by atoms with van der Waals surface area (Å²) < 4.78 is 15.9. The van der Waals surface area contributed by atoms with Crippen LogP contribution in [0.15, 0.2) is 46.8 Å². The Morgan fingerprint density at radius 1 is 1.12 bits per heavy atom. The molecule has 1 aromatic carbocycles. The topological polar surface area (TPSA) is 90.9 Å². The van der Waals surface area contributed by atoms with Gasteiger partial charge in [0.25, 0.3) is 0 Å². The summed E-state index contributed by atoms with van der Waals surface area (Å²) in [6, 6.07) is 7.66. The van der Waals surface area contributed by atoms with Crippen molar-refractivity contribution in [2.75, 3.05) is 26.9 Å². The van der Waals surface area contributed by atoms with Crippen molar-refractivity contribution in [1.29, 1.82) is 0 Å². The molecule has 1 N–H and O–H groups in total. The van der Waals surface area contributed by atoms with Crippen LogP contribution in [0.2, 0.25) is 0 Å². The lowest BCUT2D eigenvalue weighted by Gasteiger charge is -2.38. The number of rotatable bonds is 8. The Kier molecular flexibility index (Phi) is 8.08. The fraction of sp³-hybridized carbons (Fsp3) is 0.500. The van der Waals surface area contributed by atoms with Gasteiger partial charge in [-0.25, -0.2) is 4.79 Å². The highest BCUT2D eigenvalue weighted by molar-refractivity contribution is 6.12. The number of aryl methyl sites for hydroxylation is 1. The molecule has 0 saturated carbocycles. The number of benzene rings is 1. The Balaban J connectivity index is 2.03. The van der Waals surface area contributed by atoms with Gasteiger partial charge in [0.2, 0.25) is 0 Å². The molecule has 2 aliphatic rings. The molecule has 3 atom stereocenters. The van der Waals surface area contributed by atoms with Crippen molar-refractivity contribution in [3.63, 3.8) is 0 Å². The maximum atomic E-state index is 13.7. The molecule has 1 aromatic rings. The van der Waals surface area contributed by atoms with E-state index in [2.05, 4.69) is 5.32 Å². The average molecular weight is 456 g/mol. The largest absolute Gasteiger partial charge is 0.468 e. The van der Waals surface area contributed by atoms with Crippen LogP contribution in [-0.4, -0.2) is 44.7 Å². The van der Waals surface area contributed by atoms with Crippen LogP contribution in [0.4, 0.5) is 0 Å². The average Bonchev–Trinajstić information content (AvgIpc) is 2.78. The van der Waals surface area contributed by atoms with Gasteiger partial charge in [0, 0.05) is 29.5 Å². The fourth-order valence-electron chi connectivity index (χ4n) is 4.69. The SMILES string of the molecule is CCCOCCOC(=O)C1=C(C)NC2=C(C(=O)[C@@H](C(=O)OC)[C@H](C)C2)[C@@H]1c1ccccc1C. The molecule has 1 aliphatic carbocycles. The Labute approximate surface area is 195 Å². The summed E-state index contributed by atoms with van der Waals surface area (Å²) in [6.07, 6.45) is 1.39. The third-order valence-electron chi connectivity index (χ3n) is 6.27. The van der Waals surface area contributed by atoms with E-state index < -0.39 is 23.8 Å². The molecular formula is C26H33NO6. The van der Waals surface area contributed by atoms with Crippen molar-refractivity contribution in [2.45, 2.75) is 46.5 Å². The first-order chi connectivity index (χ1) is 15.8. The van der Waals surface area contributed by atoms with Crippen LogP contribution in [0.25, 0.3) is 0 Å². The Morgan fingerprint density at radius 3 is 2.52 bits per heavy atom. The van der Waals surface area contributed by atoms with Gasteiger partial charge in [-0.2, -0.15) is 0 Å². The summed E-state index contributed by atoms with van der Waals surface area (Å²) in [5, 5.41) is 3.27. The van der Waals surface area contributed by atoms with E-state index in [1.165, 1.54) is 7.11 Å². The zero-order valence-electron chi connectivity index (χ0n) is 20.0. The number of carbonyl (C=O) groups is 3. The minimum absolute atomic E-state index is 0.123. The maximum absolute atomic E-state index is 13.7. The van der Waals surface area contributed by atoms with Crippen molar-refractivity contribution < 1.29 is 28.6 Å². The van der Waals surface area contributed by atoms with E-state index in [0.29, 0.717) is 36.5 Å². The second-order valence-corrected chi connectivity index (χ2v) is 8.64. The van der Waals surface area contributed by atoms with Crippen LogP contribution < -0.4 is 5.32 Å².